The molecular weight excluding hydrogens is 346 g/mol. The van der Waals surface area contributed by atoms with Crippen LogP contribution in [-0.2, 0) is 17.9 Å². The maximum absolute atomic E-state index is 13.1. The Morgan fingerprint density at radius 1 is 1.26 bits per heavy atom. The minimum Gasteiger partial charge on any atom is -0.385 e. The second kappa shape index (κ2) is 7.24. The molecule has 2 aliphatic rings. The number of aliphatic hydroxyl groups is 1. The van der Waals surface area contributed by atoms with E-state index in [1.54, 1.807) is 7.05 Å². The zero-order valence-electron chi connectivity index (χ0n) is 16.9. The van der Waals surface area contributed by atoms with Gasteiger partial charge in [0.2, 0.25) is 5.91 Å². The number of carbonyl (C=O) groups is 2. The summed E-state index contributed by atoms with van der Waals surface area (Å²) < 4.78 is 1.99. The van der Waals surface area contributed by atoms with Crippen molar-refractivity contribution in [3.05, 3.63) is 17.2 Å². The van der Waals surface area contributed by atoms with Crippen molar-refractivity contribution in [1.29, 1.82) is 0 Å². The highest BCUT2D eigenvalue weighted by Crippen LogP contribution is 2.41. The Bertz CT molecular complexity index is 732. The molecule has 0 aromatic carbocycles. The molecule has 2 heterocycles. The van der Waals surface area contributed by atoms with Crippen LogP contribution in [0.2, 0.25) is 0 Å². The number of amides is 2. The molecule has 3 N–H and O–H groups in total. The van der Waals surface area contributed by atoms with Crippen LogP contribution in [-0.4, -0.2) is 58.1 Å². The Kier molecular flexibility index (Phi) is 5.31. The average molecular weight is 377 g/mol. The third kappa shape index (κ3) is 4.01. The van der Waals surface area contributed by atoms with E-state index in [-0.39, 0.29) is 17.7 Å². The van der Waals surface area contributed by atoms with Crippen LogP contribution >= 0.6 is 0 Å². The Morgan fingerprint density at radius 2 is 1.93 bits per heavy atom. The van der Waals surface area contributed by atoms with E-state index in [0.717, 1.165) is 25.1 Å². The van der Waals surface area contributed by atoms with Gasteiger partial charge in [0.1, 0.15) is 18.0 Å². The van der Waals surface area contributed by atoms with Gasteiger partial charge in [0.15, 0.2) is 5.69 Å². The lowest BCUT2D eigenvalue weighted by molar-refractivity contribution is -0.124. The van der Waals surface area contributed by atoms with E-state index in [2.05, 4.69) is 20.5 Å². The van der Waals surface area contributed by atoms with Crippen LogP contribution in [0.1, 0.15) is 61.7 Å². The minimum absolute atomic E-state index is 0.236. The molecule has 1 aromatic rings. The van der Waals surface area contributed by atoms with Crippen LogP contribution in [0.4, 0.5) is 0 Å². The summed E-state index contributed by atoms with van der Waals surface area (Å²) in [7, 11) is 3.56. The summed E-state index contributed by atoms with van der Waals surface area (Å²) in [4.78, 5) is 32.0. The first-order chi connectivity index (χ1) is 12.6. The summed E-state index contributed by atoms with van der Waals surface area (Å²) in [6.07, 6.45) is 1.35. The average Bonchev–Trinajstić information content (AvgIpc) is 3.38. The number of hydrogen-bond acceptors (Lipinski definition) is 5. The van der Waals surface area contributed by atoms with Crippen LogP contribution in [0.15, 0.2) is 0 Å². The van der Waals surface area contributed by atoms with Crippen molar-refractivity contribution in [3.63, 3.8) is 0 Å². The van der Waals surface area contributed by atoms with Gasteiger partial charge in [-0.15, -0.1) is 0 Å². The fourth-order valence-corrected chi connectivity index (χ4v) is 3.57. The summed E-state index contributed by atoms with van der Waals surface area (Å²) in [6.45, 7) is 7.86. The number of fused-ring (bicyclic) bond motifs is 1. The maximum Gasteiger partial charge on any atom is 0.272 e. The minimum atomic E-state index is -0.675. The predicted molar refractivity (Wildman–Crippen MR) is 101 cm³/mol. The van der Waals surface area contributed by atoms with Crippen LogP contribution in [0.3, 0.4) is 0 Å². The van der Waals surface area contributed by atoms with E-state index in [9.17, 15) is 14.7 Å². The van der Waals surface area contributed by atoms with Gasteiger partial charge >= 0.3 is 0 Å². The van der Waals surface area contributed by atoms with Gasteiger partial charge in [-0.2, -0.15) is 0 Å². The molecule has 8 heteroatoms. The van der Waals surface area contributed by atoms with Gasteiger partial charge in [-0.3, -0.25) is 14.5 Å². The Balaban J connectivity index is 1.93. The van der Waals surface area contributed by atoms with E-state index in [4.69, 9.17) is 0 Å². The van der Waals surface area contributed by atoms with E-state index in [0.29, 0.717) is 24.6 Å². The van der Waals surface area contributed by atoms with E-state index in [1.807, 2.05) is 32.4 Å². The molecule has 2 amide bonds. The van der Waals surface area contributed by atoms with Crippen molar-refractivity contribution in [2.75, 3.05) is 20.6 Å². The molecule has 1 saturated carbocycles. The van der Waals surface area contributed by atoms with Gasteiger partial charge in [0.05, 0.1) is 5.69 Å². The molecule has 1 fully saturated rings. The molecule has 0 radical (unpaired) electrons. The monoisotopic (exact) mass is 377 g/mol. The van der Waals surface area contributed by atoms with Crippen LogP contribution in [0.5, 0.6) is 0 Å². The first kappa shape index (κ1) is 19.8. The van der Waals surface area contributed by atoms with Gasteiger partial charge in [-0.25, -0.2) is 4.98 Å². The number of imidazole rings is 1. The highest BCUT2D eigenvalue weighted by Gasteiger charge is 2.38. The SMILES string of the molecule is CNC(=O)C(NC(=O)c1nc(C(O)C2CC2)n2c1CN(C)CC2)C(C)(C)C. The fraction of sp³-hybridized carbons (Fsp3) is 0.737. The number of aromatic nitrogens is 2. The number of carbonyl (C=O) groups excluding carboxylic acids is 2. The largest absolute Gasteiger partial charge is 0.385 e. The molecule has 2 atom stereocenters. The second-order valence-electron chi connectivity index (χ2n) is 8.82. The zero-order chi connectivity index (χ0) is 19.9. The molecule has 27 heavy (non-hydrogen) atoms. The molecule has 0 saturated heterocycles. The third-order valence-corrected chi connectivity index (χ3v) is 5.43. The summed E-state index contributed by atoms with van der Waals surface area (Å²) >= 11 is 0. The number of aliphatic hydroxyl groups excluding tert-OH is 1. The standard InChI is InChI=1S/C19H31N5O3/c1-19(2,3)15(18(27)20-4)22-17(26)13-12-10-23(5)8-9-24(12)16(21-13)14(25)11-6-7-11/h11,14-15,25H,6-10H2,1-5H3,(H,20,27)(H,22,26). The van der Waals surface area contributed by atoms with E-state index < -0.39 is 17.6 Å². The van der Waals surface area contributed by atoms with Crippen LogP contribution < -0.4 is 10.6 Å². The molecular formula is C19H31N5O3. The summed E-state index contributed by atoms with van der Waals surface area (Å²) in [5, 5.41) is 16.1. The second-order valence-corrected chi connectivity index (χ2v) is 8.82. The lowest BCUT2D eigenvalue weighted by atomic mass is 9.86. The third-order valence-electron chi connectivity index (χ3n) is 5.43. The van der Waals surface area contributed by atoms with Gasteiger partial charge in [-0.05, 0) is 31.2 Å². The number of likely N-dealkylation sites (N-methyl/N-ethyl adjacent to an activating group) is 2. The first-order valence-corrected chi connectivity index (χ1v) is 9.61. The van der Waals surface area contributed by atoms with Crippen molar-refractivity contribution in [3.8, 4) is 0 Å². The van der Waals surface area contributed by atoms with E-state index in [1.165, 1.54) is 0 Å². The van der Waals surface area contributed by atoms with Gasteiger partial charge in [0.25, 0.3) is 5.91 Å². The predicted octanol–water partition coefficient (Wildman–Crippen LogP) is 0.662. The molecule has 3 rings (SSSR count). The maximum atomic E-state index is 13.1. The zero-order valence-corrected chi connectivity index (χ0v) is 16.9. The first-order valence-electron chi connectivity index (χ1n) is 9.61. The molecule has 2 unspecified atom stereocenters. The normalized spacial score (nSPS) is 19.9. The Morgan fingerprint density at radius 3 is 2.48 bits per heavy atom. The summed E-state index contributed by atoms with van der Waals surface area (Å²) in [5.41, 5.74) is 0.679. The van der Waals surface area contributed by atoms with Crippen molar-refractivity contribution < 1.29 is 14.7 Å². The molecule has 150 valence electrons. The smallest absolute Gasteiger partial charge is 0.272 e. The van der Waals surface area contributed by atoms with E-state index >= 15 is 0 Å². The Hall–Kier alpha value is -1.93. The molecule has 0 bridgehead atoms. The quantitative estimate of drug-likeness (QED) is 0.700. The molecule has 1 aliphatic carbocycles. The van der Waals surface area contributed by atoms with Gasteiger partial charge in [-0.1, -0.05) is 20.8 Å². The van der Waals surface area contributed by atoms with Crippen molar-refractivity contribution in [1.82, 2.24) is 25.1 Å². The van der Waals surface area contributed by atoms with Crippen molar-refractivity contribution in [2.24, 2.45) is 11.3 Å². The number of hydrogen-bond donors (Lipinski definition) is 3. The highest BCUT2D eigenvalue weighted by atomic mass is 16.3. The van der Waals surface area contributed by atoms with Gasteiger partial charge in [0, 0.05) is 26.7 Å². The highest BCUT2D eigenvalue weighted by molar-refractivity contribution is 5.97. The lowest BCUT2D eigenvalue weighted by Gasteiger charge is -2.30. The number of nitrogens with one attached hydrogen (secondary N) is 2. The van der Waals surface area contributed by atoms with Crippen LogP contribution in [0, 0.1) is 11.3 Å². The fourth-order valence-electron chi connectivity index (χ4n) is 3.57. The number of nitrogens with zero attached hydrogens (tertiary/aromatic N) is 3. The lowest BCUT2D eigenvalue weighted by Crippen LogP contribution is -2.53. The van der Waals surface area contributed by atoms with Crippen LogP contribution in [0.25, 0.3) is 0 Å². The molecule has 1 aromatic heterocycles. The topological polar surface area (TPSA) is 99.5 Å². The van der Waals surface area contributed by atoms with Crippen molar-refractivity contribution >= 4 is 11.8 Å². The molecule has 8 nitrogen and oxygen atoms in total. The summed E-state index contributed by atoms with van der Waals surface area (Å²) in [5.74, 6) is 0.212. The Labute approximate surface area is 160 Å². The number of rotatable bonds is 5. The molecule has 1 aliphatic heterocycles. The van der Waals surface area contributed by atoms with Crippen molar-refractivity contribution in [2.45, 2.75) is 58.8 Å². The summed E-state index contributed by atoms with van der Waals surface area (Å²) in [6, 6.07) is -0.675. The molecule has 0 spiro atoms. The van der Waals surface area contributed by atoms with Gasteiger partial charge < -0.3 is 20.3 Å².